The number of alkyl halides is 3. The van der Waals surface area contributed by atoms with Crippen molar-refractivity contribution in [3.8, 4) is 0 Å². The Balaban J connectivity index is 1.86. The molecule has 1 saturated heterocycles. The first kappa shape index (κ1) is 15.8. The second kappa shape index (κ2) is 6.46. The number of ether oxygens (including phenoxy) is 1. The molecule has 0 spiro atoms. The Bertz CT molecular complexity index is 487. The van der Waals surface area contributed by atoms with Crippen LogP contribution in [-0.2, 0) is 9.53 Å². The van der Waals surface area contributed by atoms with Crippen LogP contribution in [0.2, 0.25) is 0 Å². The van der Waals surface area contributed by atoms with Crippen LogP contribution in [0.4, 0.5) is 13.2 Å². The average Bonchev–Trinajstić information content (AvgIpc) is 2.83. The quantitative estimate of drug-likeness (QED) is 0.854. The summed E-state index contributed by atoms with van der Waals surface area (Å²) in [5.41, 5.74) is 0. The van der Waals surface area contributed by atoms with Crippen LogP contribution in [0.25, 0.3) is 0 Å². The fourth-order valence-electron chi connectivity index (χ4n) is 2.53. The molecule has 0 aromatic carbocycles. The van der Waals surface area contributed by atoms with Crippen molar-refractivity contribution in [2.75, 3.05) is 26.3 Å². The highest BCUT2D eigenvalue weighted by atomic mass is 19.4. The molecular formula is C13H18F3N3O2. The van der Waals surface area contributed by atoms with Gasteiger partial charge in [-0.2, -0.15) is 13.2 Å². The Morgan fingerprint density at radius 1 is 1.52 bits per heavy atom. The monoisotopic (exact) mass is 305 g/mol. The minimum atomic E-state index is -4.40. The molecule has 0 saturated carbocycles. The summed E-state index contributed by atoms with van der Waals surface area (Å²) < 4.78 is 42.4. The lowest BCUT2D eigenvalue weighted by atomic mass is 10.1. The van der Waals surface area contributed by atoms with Crippen LogP contribution in [0.3, 0.4) is 0 Å². The third kappa shape index (κ3) is 4.45. The Kier molecular flexibility index (Phi) is 4.87. The number of piperidine rings is 1. The van der Waals surface area contributed by atoms with Crippen molar-refractivity contribution in [1.82, 2.24) is 14.5 Å². The first-order chi connectivity index (χ1) is 9.87. The van der Waals surface area contributed by atoms with E-state index in [1.165, 1.54) is 0 Å². The molecular weight excluding hydrogens is 287 g/mol. The van der Waals surface area contributed by atoms with Gasteiger partial charge in [-0.15, -0.1) is 0 Å². The summed E-state index contributed by atoms with van der Waals surface area (Å²) in [4.78, 5) is 17.6. The van der Waals surface area contributed by atoms with Crippen molar-refractivity contribution in [3.63, 3.8) is 0 Å². The van der Waals surface area contributed by atoms with E-state index in [0.29, 0.717) is 13.1 Å². The van der Waals surface area contributed by atoms with Gasteiger partial charge in [-0.3, -0.25) is 4.79 Å². The highest BCUT2D eigenvalue weighted by molar-refractivity contribution is 5.77. The number of aryl methyl sites for hydroxylation is 1. The van der Waals surface area contributed by atoms with E-state index in [-0.39, 0.29) is 6.04 Å². The zero-order valence-electron chi connectivity index (χ0n) is 11.8. The SMILES string of the molecule is Cc1nccn1C1CCCN(C(=O)COCC(F)(F)F)C1. The van der Waals surface area contributed by atoms with Crippen LogP contribution in [0.1, 0.15) is 24.7 Å². The number of hydrogen-bond donors (Lipinski definition) is 0. The van der Waals surface area contributed by atoms with Gasteiger partial charge in [0.2, 0.25) is 5.91 Å². The van der Waals surface area contributed by atoms with Crippen LogP contribution in [0.15, 0.2) is 12.4 Å². The van der Waals surface area contributed by atoms with E-state index in [9.17, 15) is 18.0 Å². The second-order valence-corrected chi connectivity index (χ2v) is 5.13. The molecule has 2 rings (SSSR count). The third-order valence-corrected chi connectivity index (χ3v) is 3.50. The van der Waals surface area contributed by atoms with E-state index >= 15 is 0 Å². The predicted octanol–water partition coefficient (Wildman–Crippen LogP) is 1.93. The number of imidazole rings is 1. The van der Waals surface area contributed by atoms with E-state index in [1.807, 2.05) is 17.7 Å². The molecule has 8 heteroatoms. The van der Waals surface area contributed by atoms with Crippen molar-refractivity contribution >= 4 is 5.91 Å². The van der Waals surface area contributed by atoms with Crippen molar-refractivity contribution in [1.29, 1.82) is 0 Å². The first-order valence-electron chi connectivity index (χ1n) is 6.78. The van der Waals surface area contributed by atoms with E-state index in [2.05, 4.69) is 9.72 Å². The molecule has 2 heterocycles. The number of carbonyl (C=O) groups is 1. The van der Waals surface area contributed by atoms with Gasteiger partial charge < -0.3 is 14.2 Å². The summed E-state index contributed by atoms with van der Waals surface area (Å²) in [5.74, 6) is 0.462. The van der Waals surface area contributed by atoms with Crippen LogP contribution < -0.4 is 0 Å². The van der Waals surface area contributed by atoms with Crippen molar-refractivity contribution in [3.05, 3.63) is 18.2 Å². The molecule has 1 fully saturated rings. The van der Waals surface area contributed by atoms with E-state index in [1.54, 1.807) is 11.1 Å². The van der Waals surface area contributed by atoms with Gasteiger partial charge in [0, 0.05) is 25.5 Å². The number of amides is 1. The molecule has 0 aliphatic carbocycles. The number of halogens is 3. The summed E-state index contributed by atoms with van der Waals surface area (Å²) in [6.07, 6.45) is 0.882. The van der Waals surface area contributed by atoms with Crippen LogP contribution in [-0.4, -0.2) is 52.8 Å². The highest BCUT2D eigenvalue weighted by Gasteiger charge is 2.29. The maximum Gasteiger partial charge on any atom is 0.411 e. The normalized spacial score (nSPS) is 19.8. The summed E-state index contributed by atoms with van der Waals surface area (Å²) in [6, 6.07) is 0.118. The molecule has 1 aliphatic heterocycles. The number of carbonyl (C=O) groups excluding carboxylic acids is 1. The zero-order chi connectivity index (χ0) is 15.5. The van der Waals surface area contributed by atoms with E-state index in [0.717, 1.165) is 18.7 Å². The van der Waals surface area contributed by atoms with Crippen molar-refractivity contribution < 1.29 is 22.7 Å². The number of hydrogen-bond acceptors (Lipinski definition) is 3. The van der Waals surface area contributed by atoms with Gasteiger partial charge in [-0.1, -0.05) is 0 Å². The lowest BCUT2D eigenvalue weighted by molar-refractivity contribution is -0.178. The van der Waals surface area contributed by atoms with E-state index in [4.69, 9.17) is 0 Å². The lowest BCUT2D eigenvalue weighted by Gasteiger charge is -2.33. The largest absolute Gasteiger partial charge is 0.411 e. The molecule has 21 heavy (non-hydrogen) atoms. The van der Waals surface area contributed by atoms with Crippen LogP contribution >= 0.6 is 0 Å². The van der Waals surface area contributed by atoms with Crippen molar-refractivity contribution in [2.24, 2.45) is 0 Å². The Morgan fingerprint density at radius 3 is 2.90 bits per heavy atom. The van der Waals surface area contributed by atoms with Gasteiger partial charge in [-0.25, -0.2) is 4.98 Å². The summed E-state index contributed by atoms with van der Waals surface area (Å²) in [6.45, 7) is 0.989. The van der Waals surface area contributed by atoms with Gasteiger partial charge in [0.1, 0.15) is 19.0 Å². The minimum Gasteiger partial charge on any atom is -0.362 e. The Morgan fingerprint density at radius 2 is 2.29 bits per heavy atom. The molecule has 0 radical (unpaired) electrons. The summed E-state index contributed by atoms with van der Waals surface area (Å²) in [5, 5.41) is 0. The topological polar surface area (TPSA) is 47.4 Å². The van der Waals surface area contributed by atoms with Gasteiger partial charge >= 0.3 is 6.18 Å². The molecule has 118 valence electrons. The predicted molar refractivity (Wildman–Crippen MR) is 68.7 cm³/mol. The molecule has 1 atom stereocenters. The average molecular weight is 305 g/mol. The van der Waals surface area contributed by atoms with Gasteiger partial charge in [0.15, 0.2) is 0 Å². The standard InChI is InChI=1S/C13H18F3N3O2/c1-10-17-4-6-19(10)11-3-2-5-18(7-11)12(20)8-21-9-13(14,15)16/h4,6,11H,2-3,5,7-9H2,1H3. The number of rotatable bonds is 4. The fourth-order valence-corrected chi connectivity index (χ4v) is 2.53. The molecule has 1 unspecified atom stereocenters. The van der Waals surface area contributed by atoms with Crippen LogP contribution in [0, 0.1) is 6.92 Å². The highest BCUT2D eigenvalue weighted by Crippen LogP contribution is 2.22. The molecule has 1 amide bonds. The van der Waals surface area contributed by atoms with E-state index < -0.39 is 25.3 Å². The molecule has 5 nitrogen and oxygen atoms in total. The van der Waals surface area contributed by atoms with Gasteiger partial charge in [0.25, 0.3) is 0 Å². The maximum atomic E-state index is 12.0. The Hall–Kier alpha value is -1.57. The summed E-state index contributed by atoms with van der Waals surface area (Å²) in [7, 11) is 0. The number of nitrogens with zero attached hydrogens (tertiary/aromatic N) is 3. The molecule has 1 aliphatic rings. The Labute approximate surface area is 120 Å². The zero-order valence-corrected chi connectivity index (χ0v) is 11.8. The molecule has 1 aromatic rings. The summed E-state index contributed by atoms with van der Waals surface area (Å²) >= 11 is 0. The first-order valence-corrected chi connectivity index (χ1v) is 6.78. The number of likely N-dealkylation sites (tertiary alicyclic amines) is 1. The smallest absolute Gasteiger partial charge is 0.362 e. The third-order valence-electron chi connectivity index (χ3n) is 3.50. The number of aromatic nitrogens is 2. The van der Waals surface area contributed by atoms with Gasteiger partial charge in [-0.05, 0) is 19.8 Å². The second-order valence-electron chi connectivity index (χ2n) is 5.13. The van der Waals surface area contributed by atoms with Gasteiger partial charge in [0.05, 0.1) is 6.04 Å². The maximum absolute atomic E-state index is 12.0. The molecule has 1 aromatic heterocycles. The molecule has 0 bridgehead atoms. The molecule has 0 N–H and O–H groups in total. The lowest BCUT2D eigenvalue weighted by Crippen LogP contribution is -2.42. The minimum absolute atomic E-state index is 0.118. The van der Waals surface area contributed by atoms with Crippen LogP contribution in [0.5, 0.6) is 0 Å². The fraction of sp³-hybridized carbons (Fsp3) is 0.692. The van der Waals surface area contributed by atoms with Crippen molar-refractivity contribution in [2.45, 2.75) is 32.0 Å².